The normalized spacial score (nSPS) is 18.6. The van der Waals surface area contributed by atoms with Crippen molar-refractivity contribution in [2.45, 2.75) is 17.3 Å². The molecule has 0 amide bonds. The Kier molecular flexibility index (Phi) is 4.99. The molecule has 3 aromatic carbocycles. The number of para-hydroxylation sites is 1. The van der Waals surface area contributed by atoms with E-state index in [9.17, 15) is 4.39 Å². The highest BCUT2D eigenvalue weighted by Crippen LogP contribution is 2.50. The van der Waals surface area contributed by atoms with Crippen molar-refractivity contribution in [3.05, 3.63) is 105 Å². The van der Waals surface area contributed by atoms with Crippen LogP contribution in [0.25, 0.3) is 5.70 Å². The average molecular weight is 521 g/mol. The number of thioether (sulfide) groups is 1. The van der Waals surface area contributed by atoms with Crippen molar-refractivity contribution < 1.29 is 9.13 Å². The number of halogens is 2. The number of nitrogens with zero attached hydrogens (tertiary/aromatic N) is 3. The standard InChI is InChI=1S/C25H18BrFN4OS/c1-33-25-29-24-28-21-18-4-2-3-5-19(18)32-23(15-6-10-16(26)11-7-15)20(21)22(31(24)30-25)14-8-12-17(27)13-9-14/h2-13,22-23H,1H3,(H,28,29,30)/t22-,23-/m1/s1. The molecule has 2 aliphatic rings. The van der Waals surface area contributed by atoms with Gasteiger partial charge < -0.3 is 10.1 Å². The van der Waals surface area contributed by atoms with Crippen molar-refractivity contribution in [1.29, 1.82) is 0 Å². The van der Waals surface area contributed by atoms with E-state index in [0.717, 1.165) is 38.2 Å². The second kappa shape index (κ2) is 8.04. The van der Waals surface area contributed by atoms with E-state index >= 15 is 0 Å². The van der Waals surface area contributed by atoms with Crippen molar-refractivity contribution in [1.82, 2.24) is 14.8 Å². The van der Waals surface area contributed by atoms with Crippen LogP contribution < -0.4 is 10.1 Å². The van der Waals surface area contributed by atoms with Crippen LogP contribution in [-0.4, -0.2) is 21.0 Å². The van der Waals surface area contributed by atoms with Crippen molar-refractivity contribution in [3.63, 3.8) is 0 Å². The Hall–Kier alpha value is -3.10. The number of fused-ring (bicyclic) bond motifs is 3. The molecule has 33 heavy (non-hydrogen) atoms. The number of nitrogens with one attached hydrogen (secondary N) is 1. The Labute approximate surface area is 202 Å². The summed E-state index contributed by atoms with van der Waals surface area (Å²) < 4.78 is 23.3. The van der Waals surface area contributed by atoms with E-state index in [-0.39, 0.29) is 18.0 Å². The summed E-state index contributed by atoms with van der Waals surface area (Å²) in [4.78, 5) is 4.68. The predicted octanol–water partition coefficient (Wildman–Crippen LogP) is 6.46. The molecule has 164 valence electrons. The Bertz CT molecular complexity index is 1380. The van der Waals surface area contributed by atoms with E-state index in [0.29, 0.717) is 11.1 Å². The smallest absolute Gasteiger partial charge is 0.227 e. The van der Waals surface area contributed by atoms with Gasteiger partial charge in [-0.25, -0.2) is 9.07 Å². The molecule has 0 radical (unpaired) electrons. The van der Waals surface area contributed by atoms with Gasteiger partial charge in [-0.1, -0.05) is 64.1 Å². The fourth-order valence-corrected chi connectivity index (χ4v) is 5.03. The molecule has 2 atom stereocenters. The predicted molar refractivity (Wildman–Crippen MR) is 131 cm³/mol. The Balaban J connectivity index is 1.62. The Morgan fingerprint density at radius 2 is 1.73 bits per heavy atom. The molecule has 4 aromatic rings. The Morgan fingerprint density at radius 3 is 2.48 bits per heavy atom. The summed E-state index contributed by atoms with van der Waals surface area (Å²) in [6, 6.07) is 22.4. The molecule has 0 aliphatic carbocycles. The van der Waals surface area contributed by atoms with Gasteiger partial charge >= 0.3 is 0 Å². The van der Waals surface area contributed by atoms with Crippen LogP contribution >= 0.6 is 27.7 Å². The minimum Gasteiger partial charge on any atom is -0.480 e. The first-order chi connectivity index (χ1) is 16.1. The van der Waals surface area contributed by atoms with Gasteiger partial charge in [0.2, 0.25) is 11.1 Å². The van der Waals surface area contributed by atoms with Gasteiger partial charge in [-0.3, -0.25) is 0 Å². The lowest BCUT2D eigenvalue weighted by atomic mass is 9.84. The highest BCUT2D eigenvalue weighted by molar-refractivity contribution is 9.10. The minimum absolute atomic E-state index is 0.278. The highest BCUT2D eigenvalue weighted by atomic mass is 79.9. The number of ether oxygens (including phenoxy) is 1. The average Bonchev–Trinajstić information content (AvgIpc) is 3.26. The van der Waals surface area contributed by atoms with Crippen molar-refractivity contribution >= 4 is 39.3 Å². The number of anilines is 1. The molecule has 1 N–H and O–H groups in total. The number of benzene rings is 3. The van der Waals surface area contributed by atoms with E-state index in [1.807, 2.05) is 47.3 Å². The summed E-state index contributed by atoms with van der Waals surface area (Å²) in [6.07, 6.45) is 1.59. The number of hydrogen-bond acceptors (Lipinski definition) is 5. The zero-order valence-electron chi connectivity index (χ0n) is 17.5. The van der Waals surface area contributed by atoms with Gasteiger partial charge in [0, 0.05) is 15.6 Å². The maximum atomic E-state index is 13.8. The van der Waals surface area contributed by atoms with Crippen LogP contribution in [0.2, 0.25) is 0 Å². The molecular weight excluding hydrogens is 503 g/mol. The lowest BCUT2D eigenvalue weighted by molar-refractivity contribution is 0.223. The van der Waals surface area contributed by atoms with Gasteiger partial charge in [0.25, 0.3) is 0 Å². The van der Waals surface area contributed by atoms with E-state index in [1.165, 1.54) is 23.9 Å². The second-order valence-electron chi connectivity index (χ2n) is 7.82. The Morgan fingerprint density at radius 1 is 1.00 bits per heavy atom. The van der Waals surface area contributed by atoms with Crippen LogP contribution in [0.3, 0.4) is 0 Å². The molecule has 0 saturated heterocycles. The minimum atomic E-state index is -0.361. The summed E-state index contributed by atoms with van der Waals surface area (Å²) in [5, 5.41) is 8.94. The first-order valence-corrected chi connectivity index (χ1v) is 12.4. The van der Waals surface area contributed by atoms with E-state index in [2.05, 4.69) is 38.4 Å². The zero-order chi connectivity index (χ0) is 22.5. The van der Waals surface area contributed by atoms with Crippen LogP contribution in [0.15, 0.2) is 88.0 Å². The fraction of sp³-hybridized carbons (Fsp3) is 0.120. The quantitative estimate of drug-likeness (QED) is 0.314. The molecule has 0 fully saturated rings. The van der Waals surface area contributed by atoms with Crippen LogP contribution in [0.5, 0.6) is 5.75 Å². The molecule has 2 aliphatic heterocycles. The SMILES string of the molecule is CSc1nc2n(n1)[C@H](c1ccc(F)cc1)C1=C(N2)c2ccccc2O[C@@H]1c1ccc(Br)cc1. The summed E-state index contributed by atoms with van der Waals surface area (Å²) in [7, 11) is 0. The number of aromatic nitrogens is 3. The summed E-state index contributed by atoms with van der Waals surface area (Å²) in [5.74, 6) is 1.17. The van der Waals surface area contributed by atoms with Crippen LogP contribution in [0.1, 0.15) is 28.8 Å². The van der Waals surface area contributed by atoms with E-state index in [1.54, 1.807) is 12.1 Å². The third kappa shape index (κ3) is 3.45. The molecule has 0 spiro atoms. The number of rotatable bonds is 3. The lowest BCUT2D eigenvalue weighted by Crippen LogP contribution is -2.32. The zero-order valence-corrected chi connectivity index (χ0v) is 19.9. The molecule has 8 heteroatoms. The van der Waals surface area contributed by atoms with Crippen molar-refractivity contribution in [2.24, 2.45) is 0 Å². The fourth-order valence-electron chi connectivity index (χ4n) is 4.42. The third-order valence-electron chi connectivity index (χ3n) is 5.90. The maximum Gasteiger partial charge on any atom is 0.227 e. The van der Waals surface area contributed by atoms with E-state index in [4.69, 9.17) is 9.84 Å². The van der Waals surface area contributed by atoms with Gasteiger partial charge in [-0.2, -0.15) is 4.98 Å². The molecular formula is C25H18BrFN4OS. The van der Waals surface area contributed by atoms with Gasteiger partial charge in [-0.05, 0) is 53.8 Å². The molecule has 0 unspecified atom stereocenters. The van der Waals surface area contributed by atoms with Crippen molar-refractivity contribution in [2.75, 3.05) is 11.6 Å². The topological polar surface area (TPSA) is 52.0 Å². The van der Waals surface area contributed by atoms with Crippen LogP contribution in [0.4, 0.5) is 10.3 Å². The summed E-state index contributed by atoms with van der Waals surface area (Å²) >= 11 is 5.01. The van der Waals surface area contributed by atoms with E-state index < -0.39 is 0 Å². The number of hydrogen-bond donors (Lipinski definition) is 1. The maximum absolute atomic E-state index is 13.8. The molecule has 5 nitrogen and oxygen atoms in total. The van der Waals surface area contributed by atoms with Gasteiger partial charge in [-0.15, -0.1) is 5.10 Å². The molecule has 1 aromatic heterocycles. The monoisotopic (exact) mass is 520 g/mol. The first kappa shape index (κ1) is 20.5. The molecule has 0 bridgehead atoms. The summed E-state index contributed by atoms with van der Waals surface area (Å²) in [6.45, 7) is 0. The third-order valence-corrected chi connectivity index (χ3v) is 6.97. The highest BCUT2D eigenvalue weighted by Gasteiger charge is 2.41. The van der Waals surface area contributed by atoms with Crippen molar-refractivity contribution in [3.8, 4) is 5.75 Å². The molecule has 3 heterocycles. The lowest BCUT2D eigenvalue weighted by Gasteiger charge is -2.38. The largest absolute Gasteiger partial charge is 0.480 e. The van der Waals surface area contributed by atoms with Crippen LogP contribution in [0, 0.1) is 5.82 Å². The molecule has 0 saturated carbocycles. The van der Waals surface area contributed by atoms with Crippen LogP contribution in [-0.2, 0) is 0 Å². The van der Waals surface area contributed by atoms with Gasteiger partial charge in [0.05, 0.1) is 5.70 Å². The first-order valence-electron chi connectivity index (χ1n) is 10.4. The van der Waals surface area contributed by atoms with Gasteiger partial charge in [0.15, 0.2) is 0 Å². The van der Waals surface area contributed by atoms with Gasteiger partial charge in [0.1, 0.15) is 23.7 Å². The molecule has 6 rings (SSSR count). The second-order valence-corrected chi connectivity index (χ2v) is 9.51. The summed E-state index contributed by atoms with van der Waals surface area (Å²) in [5.41, 5.74) is 4.85.